The molecular formula is C16H17Cl2N3O2. The van der Waals surface area contributed by atoms with E-state index in [0.29, 0.717) is 29.3 Å². The van der Waals surface area contributed by atoms with Gasteiger partial charge in [0.1, 0.15) is 12.1 Å². The van der Waals surface area contributed by atoms with Gasteiger partial charge in [0.05, 0.1) is 6.07 Å². The SMILES string of the molecule is N#CCCCCC1NC(=O)C(Cc2cc(Cl)cc(Cl)c2)NC1=O. The average molecular weight is 354 g/mol. The fraction of sp³-hybridized carbons (Fsp3) is 0.438. The zero-order valence-corrected chi connectivity index (χ0v) is 14.0. The van der Waals surface area contributed by atoms with E-state index in [9.17, 15) is 9.59 Å². The molecule has 23 heavy (non-hydrogen) atoms. The molecule has 1 aliphatic rings. The topological polar surface area (TPSA) is 82.0 Å². The lowest BCUT2D eigenvalue weighted by Crippen LogP contribution is -2.62. The van der Waals surface area contributed by atoms with E-state index >= 15 is 0 Å². The zero-order valence-electron chi connectivity index (χ0n) is 12.4. The fourth-order valence-corrected chi connectivity index (χ4v) is 3.11. The smallest absolute Gasteiger partial charge is 0.243 e. The van der Waals surface area contributed by atoms with Gasteiger partial charge in [0.2, 0.25) is 11.8 Å². The van der Waals surface area contributed by atoms with Gasteiger partial charge in [0.25, 0.3) is 0 Å². The quantitative estimate of drug-likeness (QED) is 0.771. The maximum absolute atomic E-state index is 12.2. The number of amides is 2. The van der Waals surface area contributed by atoms with Crippen LogP contribution in [0.5, 0.6) is 0 Å². The number of nitriles is 1. The predicted molar refractivity (Wildman–Crippen MR) is 88.1 cm³/mol. The van der Waals surface area contributed by atoms with Crippen LogP contribution >= 0.6 is 23.2 Å². The number of carbonyl (C=O) groups excluding carboxylic acids is 2. The van der Waals surface area contributed by atoms with Crippen molar-refractivity contribution < 1.29 is 9.59 Å². The molecule has 1 saturated heterocycles. The first-order chi connectivity index (χ1) is 11.0. The van der Waals surface area contributed by atoms with Gasteiger partial charge in [-0.1, -0.05) is 23.2 Å². The Morgan fingerprint density at radius 3 is 2.26 bits per heavy atom. The molecule has 0 bridgehead atoms. The molecule has 0 radical (unpaired) electrons. The van der Waals surface area contributed by atoms with Gasteiger partial charge in [-0.3, -0.25) is 9.59 Å². The van der Waals surface area contributed by atoms with E-state index in [4.69, 9.17) is 28.5 Å². The molecule has 0 aromatic heterocycles. The molecule has 0 spiro atoms. The summed E-state index contributed by atoms with van der Waals surface area (Å²) < 4.78 is 0. The highest BCUT2D eigenvalue weighted by molar-refractivity contribution is 6.34. The van der Waals surface area contributed by atoms with Crippen LogP contribution in [-0.4, -0.2) is 23.9 Å². The second-order valence-electron chi connectivity index (χ2n) is 5.51. The number of nitrogens with zero attached hydrogens (tertiary/aromatic N) is 1. The molecule has 7 heteroatoms. The Kier molecular flexibility index (Phi) is 6.26. The standard InChI is InChI=1S/C16H17Cl2N3O2/c17-11-6-10(7-12(18)9-11)8-14-16(23)20-13(15(22)21-14)4-2-1-3-5-19/h6-7,9,13-14H,1-4,8H2,(H,20,23)(H,21,22). The first-order valence-electron chi connectivity index (χ1n) is 7.42. The number of unbranched alkanes of at least 4 members (excludes halogenated alkanes) is 2. The van der Waals surface area contributed by atoms with E-state index in [-0.39, 0.29) is 11.8 Å². The molecule has 1 heterocycles. The summed E-state index contributed by atoms with van der Waals surface area (Å²) >= 11 is 11.9. The average Bonchev–Trinajstić information content (AvgIpc) is 2.47. The highest BCUT2D eigenvalue weighted by atomic mass is 35.5. The lowest BCUT2D eigenvalue weighted by Gasteiger charge is -2.29. The lowest BCUT2D eigenvalue weighted by molar-refractivity contribution is -0.136. The minimum atomic E-state index is -0.632. The molecule has 1 aliphatic heterocycles. The van der Waals surface area contributed by atoms with Gasteiger partial charge in [-0.2, -0.15) is 5.26 Å². The molecule has 2 rings (SSSR count). The first kappa shape index (κ1) is 17.6. The van der Waals surface area contributed by atoms with Gasteiger partial charge in [0, 0.05) is 22.9 Å². The highest BCUT2D eigenvalue weighted by Crippen LogP contribution is 2.20. The lowest BCUT2D eigenvalue weighted by atomic mass is 9.99. The van der Waals surface area contributed by atoms with Crippen LogP contribution in [-0.2, 0) is 16.0 Å². The Balaban J connectivity index is 1.93. The number of hydrogen-bond donors (Lipinski definition) is 2. The minimum absolute atomic E-state index is 0.195. The third kappa shape index (κ3) is 5.12. The molecule has 2 N–H and O–H groups in total. The number of rotatable bonds is 6. The third-order valence-electron chi connectivity index (χ3n) is 3.66. The van der Waals surface area contributed by atoms with Crippen LogP contribution in [0.1, 0.15) is 31.2 Å². The van der Waals surface area contributed by atoms with E-state index in [0.717, 1.165) is 18.4 Å². The number of nitrogens with one attached hydrogen (secondary N) is 2. The third-order valence-corrected chi connectivity index (χ3v) is 4.10. The molecule has 1 aromatic carbocycles. The van der Waals surface area contributed by atoms with E-state index in [2.05, 4.69) is 16.7 Å². The monoisotopic (exact) mass is 353 g/mol. The van der Waals surface area contributed by atoms with E-state index in [1.807, 2.05) is 0 Å². The predicted octanol–water partition coefficient (Wildman–Crippen LogP) is 2.60. The Morgan fingerprint density at radius 1 is 1.00 bits per heavy atom. The number of carbonyl (C=O) groups is 2. The summed E-state index contributed by atoms with van der Waals surface area (Å²) in [6.07, 6.45) is 2.77. The van der Waals surface area contributed by atoms with Crippen LogP contribution < -0.4 is 10.6 Å². The van der Waals surface area contributed by atoms with Crippen LogP contribution in [0.4, 0.5) is 0 Å². The Bertz CT molecular complexity index is 622. The second kappa shape index (κ2) is 8.19. The number of benzene rings is 1. The van der Waals surface area contributed by atoms with Gasteiger partial charge in [0.15, 0.2) is 0 Å². The molecule has 1 fully saturated rings. The van der Waals surface area contributed by atoms with Gasteiger partial charge in [-0.05, 0) is 43.0 Å². The largest absolute Gasteiger partial charge is 0.343 e. The van der Waals surface area contributed by atoms with Gasteiger partial charge >= 0.3 is 0 Å². The van der Waals surface area contributed by atoms with Gasteiger partial charge in [-0.15, -0.1) is 0 Å². The van der Waals surface area contributed by atoms with Crippen LogP contribution in [0.2, 0.25) is 10.0 Å². The molecule has 2 amide bonds. The first-order valence-corrected chi connectivity index (χ1v) is 8.18. The van der Waals surface area contributed by atoms with Crippen molar-refractivity contribution in [1.82, 2.24) is 10.6 Å². The van der Waals surface area contributed by atoms with E-state index < -0.39 is 12.1 Å². The molecule has 0 saturated carbocycles. The second-order valence-corrected chi connectivity index (χ2v) is 6.38. The Labute approximate surface area is 144 Å². The summed E-state index contributed by atoms with van der Waals surface area (Å²) in [6.45, 7) is 0. The molecule has 2 unspecified atom stereocenters. The summed E-state index contributed by atoms with van der Waals surface area (Å²) in [6, 6.07) is 5.96. The molecular weight excluding hydrogens is 337 g/mol. The van der Waals surface area contributed by atoms with E-state index in [1.54, 1.807) is 18.2 Å². The van der Waals surface area contributed by atoms with Gasteiger partial charge in [-0.25, -0.2) is 0 Å². The van der Waals surface area contributed by atoms with Crippen LogP contribution in [0.3, 0.4) is 0 Å². The van der Waals surface area contributed by atoms with Crippen molar-refractivity contribution in [2.24, 2.45) is 0 Å². The molecule has 122 valence electrons. The Morgan fingerprint density at radius 2 is 1.61 bits per heavy atom. The normalized spacial score (nSPS) is 20.6. The summed E-state index contributed by atoms with van der Waals surface area (Å²) in [4.78, 5) is 24.3. The molecule has 0 aliphatic carbocycles. The van der Waals surface area contributed by atoms with Crippen LogP contribution in [0.25, 0.3) is 0 Å². The Hall–Kier alpha value is -1.77. The number of halogens is 2. The summed E-state index contributed by atoms with van der Waals surface area (Å²) in [5.41, 5.74) is 0.787. The van der Waals surface area contributed by atoms with Crippen molar-refractivity contribution in [1.29, 1.82) is 5.26 Å². The molecule has 1 aromatic rings. The van der Waals surface area contributed by atoms with Gasteiger partial charge < -0.3 is 10.6 Å². The maximum Gasteiger partial charge on any atom is 0.243 e. The fourth-order valence-electron chi connectivity index (χ4n) is 2.54. The van der Waals surface area contributed by atoms with Crippen LogP contribution in [0.15, 0.2) is 18.2 Å². The van der Waals surface area contributed by atoms with Crippen molar-refractivity contribution in [2.45, 2.75) is 44.2 Å². The molecule has 2 atom stereocenters. The van der Waals surface area contributed by atoms with Crippen LogP contribution in [0, 0.1) is 11.3 Å². The summed E-state index contributed by atoms with van der Waals surface area (Å²) in [7, 11) is 0. The highest BCUT2D eigenvalue weighted by Gasteiger charge is 2.33. The maximum atomic E-state index is 12.2. The van der Waals surface area contributed by atoms with Crippen molar-refractivity contribution in [3.05, 3.63) is 33.8 Å². The summed E-state index contributed by atoms with van der Waals surface area (Å²) in [5, 5.41) is 15.0. The van der Waals surface area contributed by atoms with E-state index in [1.165, 1.54) is 0 Å². The summed E-state index contributed by atoms with van der Waals surface area (Å²) in [5.74, 6) is -0.411. The van der Waals surface area contributed by atoms with Crippen molar-refractivity contribution in [3.63, 3.8) is 0 Å². The number of piperazine rings is 1. The van der Waals surface area contributed by atoms with Crippen molar-refractivity contribution in [2.75, 3.05) is 0 Å². The zero-order chi connectivity index (χ0) is 16.8. The number of hydrogen-bond acceptors (Lipinski definition) is 3. The van der Waals surface area contributed by atoms with Crippen molar-refractivity contribution >= 4 is 35.0 Å². The minimum Gasteiger partial charge on any atom is -0.343 e. The van der Waals surface area contributed by atoms with Crippen molar-refractivity contribution in [3.8, 4) is 6.07 Å². The molecule has 5 nitrogen and oxygen atoms in total.